The number of hydrogen-bond donors (Lipinski definition) is 1. The maximum Gasteiger partial charge on any atom is 0.410 e. The lowest BCUT2D eigenvalue weighted by Gasteiger charge is -2.36. The molecule has 0 saturated carbocycles. The molecule has 1 saturated heterocycles. The first kappa shape index (κ1) is 20.7. The van der Waals surface area contributed by atoms with Gasteiger partial charge >= 0.3 is 12.1 Å². The molecular weight excluding hydrogens is 378 g/mol. The number of carbonyl (C=O) groups is 2. The van der Waals surface area contributed by atoms with Crippen LogP contribution in [0.15, 0.2) is 17.2 Å². The van der Waals surface area contributed by atoms with E-state index in [1.54, 1.807) is 17.9 Å². The Kier molecular flexibility index (Phi) is 5.81. The quantitative estimate of drug-likeness (QED) is 0.765. The number of imidazole rings is 1. The zero-order chi connectivity index (χ0) is 21.2. The van der Waals surface area contributed by atoms with Crippen LogP contribution in [0.25, 0.3) is 11.0 Å². The minimum atomic E-state index is -0.535. The molecule has 3 heterocycles. The summed E-state index contributed by atoms with van der Waals surface area (Å²) in [6.07, 6.45) is 1.12. The first-order chi connectivity index (χ1) is 13.7. The monoisotopic (exact) mass is 405 g/mol. The summed E-state index contributed by atoms with van der Waals surface area (Å²) in [6.45, 7) is 9.55. The summed E-state index contributed by atoms with van der Waals surface area (Å²) in [5, 5.41) is 0. The molecule has 0 aromatic carbocycles. The van der Waals surface area contributed by atoms with Crippen molar-refractivity contribution in [2.45, 2.75) is 39.8 Å². The van der Waals surface area contributed by atoms with Crippen LogP contribution in [0, 0.1) is 0 Å². The summed E-state index contributed by atoms with van der Waals surface area (Å²) in [5.74, 6) is 0.210. The number of ether oxygens (including phenoxy) is 2. The van der Waals surface area contributed by atoms with Crippen LogP contribution in [-0.2, 0) is 20.8 Å². The molecule has 0 radical (unpaired) electrons. The van der Waals surface area contributed by atoms with Gasteiger partial charge in [-0.05, 0) is 27.7 Å². The van der Waals surface area contributed by atoms with Crippen molar-refractivity contribution >= 4 is 28.9 Å². The van der Waals surface area contributed by atoms with Crippen molar-refractivity contribution < 1.29 is 19.1 Å². The second-order valence-electron chi connectivity index (χ2n) is 7.85. The molecule has 158 valence electrons. The van der Waals surface area contributed by atoms with Gasteiger partial charge in [0.15, 0.2) is 0 Å². The number of aromatic nitrogens is 3. The number of pyridine rings is 1. The van der Waals surface area contributed by atoms with Gasteiger partial charge < -0.3 is 28.8 Å². The third kappa shape index (κ3) is 4.87. The minimum absolute atomic E-state index is 0.0681. The first-order valence-corrected chi connectivity index (χ1v) is 9.64. The second kappa shape index (κ2) is 8.14. The summed E-state index contributed by atoms with van der Waals surface area (Å²) < 4.78 is 11.8. The van der Waals surface area contributed by atoms with Crippen molar-refractivity contribution in [1.82, 2.24) is 19.4 Å². The summed E-state index contributed by atoms with van der Waals surface area (Å²) in [6, 6.07) is 1.78. The van der Waals surface area contributed by atoms with E-state index in [0.29, 0.717) is 43.0 Å². The molecule has 1 amide bonds. The Morgan fingerprint density at radius 2 is 1.90 bits per heavy atom. The van der Waals surface area contributed by atoms with Crippen LogP contribution in [0.3, 0.4) is 0 Å². The first-order valence-electron chi connectivity index (χ1n) is 9.64. The fraction of sp³-hybridized carbons (Fsp3) is 0.579. The molecule has 0 atom stereocenters. The van der Waals surface area contributed by atoms with Crippen molar-refractivity contribution in [1.29, 1.82) is 0 Å². The van der Waals surface area contributed by atoms with Crippen LogP contribution in [0.4, 0.5) is 10.6 Å². The molecule has 29 heavy (non-hydrogen) atoms. The van der Waals surface area contributed by atoms with E-state index in [1.807, 2.05) is 25.7 Å². The van der Waals surface area contributed by atoms with Gasteiger partial charge in [0.2, 0.25) is 0 Å². The zero-order valence-electron chi connectivity index (χ0n) is 17.2. The van der Waals surface area contributed by atoms with Gasteiger partial charge in [0.1, 0.15) is 23.5 Å². The molecule has 1 aliphatic rings. The fourth-order valence-corrected chi connectivity index (χ4v) is 3.18. The smallest absolute Gasteiger partial charge is 0.410 e. The average Bonchev–Trinajstić information content (AvgIpc) is 3.04. The number of fused-ring (bicyclic) bond motifs is 1. The van der Waals surface area contributed by atoms with Crippen LogP contribution in [0.5, 0.6) is 0 Å². The number of nitrogens with zero attached hydrogens (tertiary/aromatic N) is 4. The van der Waals surface area contributed by atoms with E-state index in [0.717, 1.165) is 0 Å². The lowest BCUT2D eigenvalue weighted by molar-refractivity contribution is -0.143. The SMILES string of the molecule is CCOC(=O)Cn1cnc2cc(N3CCN(C(=O)OC(C)(C)C)CC3)[nH]c(=O)c21. The van der Waals surface area contributed by atoms with E-state index in [4.69, 9.17) is 9.47 Å². The number of esters is 1. The molecule has 3 rings (SSSR count). The summed E-state index contributed by atoms with van der Waals surface area (Å²) in [4.78, 5) is 47.3. The van der Waals surface area contributed by atoms with Gasteiger partial charge in [-0.2, -0.15) is 0 Å². The lowest BCUT2D eigenvalue weighted by atomic mass is 10.2. The zero-order valence-corrected chi connectivity index (χ0v) is 17.2. The van der Waals surface area contributed by atoms with Gasteiger partial charge in [-0.1, -0.05) is 0 Å². The summed E-state index contributed by atoms with van der Waals surface area (Å²) in [5.41, 5.74) is -0.0296. The molecule has 0 unspecified atom stereocenters. The standard InChI is InChI=1S/C19H27N5O5/c1-5-28-15(25)11-24-12-20-13-10-14(21-17(26)16(13)24)22-6-8-23(9-7-22)18(27)29-19(2,3)4/h10,12H,5-9,11H2,1-4H3,(H,21,26). The maximum atomic E-state index is 12.6. The Morgan fingerprint density at radius 3 is 2.52 bits per heavy atom. The van der Waals surface area contributed by atoms with E-state index in [-0.39, 0.29) is 24.8 Å². The van der Waals surface area contributed by atoms with Crippen molar-refractivity contribution in [3.8, 4) is 0 Å². The number of hydrogen-bond acceptors (Lipinski definition) is 7. The Morgan fingerprint density at radius 1 is 1.21 bits per heavy atom. The van der Waals surface area contributed by atoms with Crippen molar-refractivity contribution in [2.24, 2.45) is 0 Å². The summed E-state index contributed by atoms with van der Waals surface area (Å²) in [7, 11) is 0. The predicted molar refractivity (Wildman–Crippen MR) is 107 cm³/mol. The fourth-order valence-electron chi connectivity index (χ4n) is 3.18. The van der Waals surface area contributed by atoms with E-state index in [9.17, 15) is 14.4 Å². The molecule has 1 aliphatic heterocycles. The van der Waals surface area contributed by atoms with Crippen molar-refractivity contribution in [3.63, 3.8) is 0 Å². The maximum absolute atomic E-state index is 12.6. The molecule has 2 aromatic heterocycles. The van der Waals surface area contributed by atoms with Gasteiger partial charge in [0.05, 0.1) is 18.5 Å². The molecule has 0 aliphatic carbocycles. The van der Waals surface area contributed by atoms with Gasteiger partial charge in [0, 0.05) is 32.2 Å². The van der Waals surface area contributed by atoms with Gasteiger partial charge in [0.25, 0.3) is 5.56 Å². The molecule has 10 nitrogen and oxygen atoms in total. The molecule has 10 heteroatoms. The number of amides is 1. The predicted octanol–water partition coefficient (Wildman–Crippen LogP) is 1.34. The van der Waals surface area contributed by atoms with Gasteiger partial charge in [-0.25, -0.2) is 9.78 Å². The third-order valence-corrected chi connectivity index (χ3v) is 4.47. The second-order valence-corrected chi connectivity index (χ2v) is 7.85. The number of aromatic amines is 1. The van der Waals surface area contributed by atoms with E-state index >= 15 is 0 Å². The molecular formula is C19H27N5O5. The van der Waals surface area contributed by atoms with Crippen LogP contribution in [-0.4, -0.2) is 69.9 Å². The minimum Gasteiger partial charge on any atom is -0.465 e. The summed E-state index contributed by atoms with van der Waals surface area (Å²) >= 11 is 0. The van der Waals surface area contributed by atoms with Crippen LogP contribution >= 0.6 is 0 Å². The van der Waals surface area contributed by atoms with Gasteiger partial charge in [-0.3, -0.25) is 9.59 Å². The van der Waals surface area contributed by atoms with Gasteiger partial charge in [-0.15, -0.1) is 0 Å². The number of rotatable bonds is 4. The molecule has 1 fully saturated rings. The van der Waals surface area contributed by atoms with E-state index in [2.05, 4.69) is 9.97 Å². The number of anilines is 1. The molecule has 1 N–H and O–H groups in total. The Labute approximate surface area is 168 Å². The Hall–Kier alpha value is -3.04. The number of carbonyl (C=O) groups excluding carboxylic acids is 2. The highest BCUT2D eigenvalue weighted by Crippen LogP contribution is 2.18. The molecule has 0 bridgehead atoms. The van der Waals surface area contributed by atoms with Crippen LogP contribution in [0.2, 0.25) is 0 Å². The number of piperazine rings is 1. The van der Waals surface area contributed by atoms with Crippen LogP contribution < -0.4 is 10.5 Å². The molecule has 2 aromatic rings. The van der Waals surface area contributed by atoms with E-state index in [1.165, 1.54) is 10.9 Å². The highest BCUT2D eigenvalue weighted by Gasteiger charge is 2.26. The molecule has 0 spiro atoms. The Bertz CT molecular complexity index is 950. The number of H-pyrrole nitrogens is 1. The van der Waals surface area contributed by atoms with Crippen LogP contribution in [0.1, 0.15) is 27.7 Å². The van der Waals surface area contributed by atoms with Crippen molar-refractivity contribution in [2.75, 3.05) is 37.7 Å². The average molecular weight is 405 g/mol. The number of nitrogens with one attached hydrogen (secondary N) is 1. The normalized spacial score (nSPS) is 14.9. The van der Waals surface area contributed by atoms with Crippen molar-refractivity contribution in [3.05, 3.63) is 22.7 Å². The lowest BCUT2D eigenvalue weighted by Crippen LogP contribution is -2.50. The highest BCUT2D eigenvalue weighted by atomic mass is 16.6. The third-order valence-electron chi connectivity index (χ3n) is 4.47. The highest BCUT2D eigenvalue weighted by molar-refractivity contribution is 5.79. The topological polar surface area (TPSA) is 110 Å². The largest absolute Gasteiger partial charge is 0.465 e. The van der Waals surface area contributed by atoms with E-state index < -0.39 is 11.6 Å². The Balaban J connectivity index is 1.71.